The second-order valence-corrected chi connectivity index (χ2v) is 13.5. The van der Waals surface area contributed by atoms with Gasteiger partial charge < -0.3 is 14.5 Å². The first-order valence-corrected chi connectivity index (χ1v) is 17.3. The van der Waals surface area contributed by atoms with Crippen molar-refractivity contribution >= 4 is 34.5 Å². The van der Waals surface area contributed by atoms with E-state index in [0.717, 1.165) is 78.7 Å². The number of hydrogen-bond donors (Lipinski definition) is 1. The number of rotatable bonds is 12. The highest BCUT2D eigenvalue weighted by Crippen LogP contribution is 2.31. The fourth-order valence-corrected chi connectivity index (χ4v) is 6.84. The molecule has 2 aromatic carbocycles. The first-order chi connectivity index (χ1) is 24.3. The van der Waals surface area contributed by atoms with Gasteiger partial charge in [0.05, 0.1) is 18.2 Å². The number of hydrogen-bond acceptors (Lipinski definition) is 8. The number of ether oxygens (including phenoxy) is 1. The van der Waals surface area contributed by atoms with Gasteiger partial charge in [-0.05, 0) is 81.0 Å². The number of amides is 2. The van der Waals surface area contributed by atoms with Gasteiger partial charge in [0.1, 0.15) is 12.0 Å². The van der Waals surface area contributed by atoms with E-state index in [-0.39, 0.29) is 12.0 Å². The van der Waals surface area contributed by atoms with Gasteiger partial charge in [0.2, 0.25) is 18.2 Å². The molecule has 0 radical (unpaired) electrons. The van der Waals surface area contributed by atoms with Crippen LogP contribution in [0, 0.1) is 5.92 Å². The SMILES string of the molecule is CC(C)Oc1ccc(-c2n[nH]c3ccc(N(C=O)CCC4CCN(CC(=O)N5CC=C(c6ccc(-c7ncn(C)n7)cc6)CC5)C4)cc23)cn1. The third-order valence-corrected chi connectivity index (χ3v) is 9.55. The minimum Gasteiger partial charge on any atom is -0.475 e. The van der Waals surface area contributed by atoms with E-state index in [1.807, 2.05) is 56.1 Å². The lowest BCUT2D eigenvalue weighted by atomic mass is 9.98. The van der Waals surface area contributed by atoms with Crippen LogP contribution in [-0.2, 0) is 16.6 Å². The van der Waals surface area contributed by atoms with E-state index in [1.165, 1.54) is 11.1 Å². The van der Waals surface area contributed by atoms with Gasteiger partial charge in [0, 0.05) is 67.7 Å². The van der Waals surface area contributed by atoms with Crippen LogP contribution in [-0.4, -0.2) is 97.4 Å². The highest BCUT2D eigenvalue weighted by molar-refractivity contribution is 5.96. The number of benzene rings is 2. The third kappa shape index (κ3) is 7.45. The first-order valence-electron chi connectivity index (χ1n) is 17.3. The summed E-state index contributed by atoms with van der Waals surface area (Å²) in [6.07, 6.45) is 9.30. The van der Waals surface area contributed by atoms with Crippen LogP contribution in [0.15, 0.2) is 73.2 Å². The van der Waals surface area contributed by atoms with E-state index in [0.29, 0.717) is 37.3 Å². The van der Waals surface area contributed by atoms with Gasteiger partial charge >= 0.3 is 0 Å². The fraction of sp³-hybridized carbons (Fsp3) is 0.368. The molecule has 2 aliphatic heterocycles. The minimum absolute atomic E-state index is 0.0468. The van der Waals surface area contributed by atoms with E-state index in [2.05, 4.69) is 60.5 Å². The van der Waals surface area contributed by atoms with Gasteiger partial charge in [-0.1, -0.05) is 30.3 Å². The summed E-state index contributed by atoms with van der Waals surface area (Å²) in [6.45, 7) is 8.07. The lowest BCUT2D eigenvalue weighted by molar-refractivity contribution is -0.131. The topological polar surface area (TPSA) is 125 Å². The average molecular weight is 674 g/mol. The molecule has 1 saturated heterocycles. The molecule has 5 heterocycles. The van der Waals surface area contributed by atoms with Crippen molar-refractivity contribution in [3.8, 4) is 28.5 Å². The zero-order valence-electron chi connectivity index (χ0n) is 28.8. The Morgan fingerprint density at radius 2 is 1.88 bits per heavy atom. The molecule has 1 fully saturated rings. The Bertz CT molecular complexity index is 1980. The Morgan fingerprint density at radius 3 is 2.58 bits per heavy atom. The third-order valence-electron chi connectivity index (χ3n) is 9.55. The predicted molar refractivity (Wildman–Crippen MR) is 193 cm³/mol. The van der Waals surface area contributed by atoms with Crippen molar-refractivity contribution in [2.75, 3.05) is 44.2 Å². The maximum Gasteiger partial charge on any atom is 0.237 e. The van der Waals surface area contributed by atoms with Gasteiger partial charge in [-0.25, -0.2) is 9.97 Å². The number of H-pyrrole nitrogens is 1. The van der Waals surface area contributed by atoms with Crippen molar-refractivity contribution in [1.29, 1.82) is 0 Å². The van der Waals surface area contributed by atoms with Crippen LogP contribution in [0.4, 0.5) is 5.69 Å². The van der Waals surface area contributed by atoms with Crippen LogP contribution >= 0.6 is 0 Å². The fourth-order valence-electron chi connectivity index (χ4n) is 6.84. The molecule has 258 valence electrons. The van der Waals surface area contributed by atoms with Crippen LogP contribution in [0.25, 0.3) is 39.1 Å². The molecule has 0 aliphatic carbocycles. The van der Waals surface area contributed by atoms with Gasteiger partial charge in [-0.15, -0.1) is 0 Å². The summed E-state index contributed by atoms with van der Waals surface area (Å²) in [5.74, 6) is 1.89. The molecule has 2 aliphatic rings. The summed E-state index contributed by atoms with van der Waals surface area (Å²) < 4.78 is 7.38. The molecule has 0 bridgehead atoms. The number of aryl methyl sites for hydroxylation is 1. The summed E-state index contributed by atoms with van der Waals surface area (Å²) in [7, 11) is 1.86. The normalized spacial score (nSPS) is 16.6. The van der Waals surface area contributed by atoms with Gasteiger partial charge in [0.25, 0.3) is 0 Å². The summed E-state index contributed by atoms with van der Waals surface area (Å²) in [6, 6.07) is 18.0. The molecule has 12 heteroatoms. The monoisotopic (exact) mass is 673 g/mol. The molecule has 12 nitrogen and oxygen atoms in total. The first kappa shape index (κ1) is 33.2. The average Bonchev–Trinajstić information content (AvgIpc) is 3.89. The minimum atomic E-state index is 0.0468. The summed E-state index contributed by atoms with van der Waals surface area (Å²) in [5.41, 5.74) is 6.79. The van der Waals surface area contributed by atoms with Crippen molar-refractivity contribution in [2.45, 2.75) is 39.2 Å². The number of carbonyl (C=O) groups is 2. The number of nitrogens with zero attached hydrogens (tertiary/aromatic N) is 8. The number of fused-ring (bicyclic) bond motifs is 1. The molecule has 1 atom stereocenters. The van der Waals surface area contributed by atoms with Gasteiger partial charge in [-0.2, -0.15) is 10.2 Å². The van der Waals surface area contributed by atoms with E-state index in [4.69, 9.17) is 4.74 Å². The molecule has 5 aromatic rings. The molecule has 1 unspecified atom stereocenters. The number of aromatic amines is 1. The maximum absolute atomic E-state index is 13.2. The van der Waals surface area contributed by atoms with Crippen molar-refractivity contribution in [1.82, 2.24) is 39.7 Å². The Labute approximate surface area is 291 Å². The van der Waals surface area contributed by atoms with Crippen molar-refractivity contribution in [3.05, 3.63) is 78.8 Å². The van der Waals surface area contributed by atoms with Gasteiger partial charge in [-0.3, -0.25) is 24.3 Å². The molecule has 0 spiro atoms. The lowest BCUT2D eigenvalue weighted by Gasteiger charge is -2.28. The summed E-state index contributed by atoms with van der Waals surface area (Å²) in [5, 5.41) is 12.9. The number of aromatic nitrogens is 6. The molecule has 50 heavy (non-hydrogen) atoms. The van der Waals surface area contributed by atoms with E-state index >= 15 is 0 Å². The van der Waals surface area contributed by atoms with Crippen molar-refractivity contribution in [2.24, 2.45) is 13.0 Å². The van der Waals surface area contributed by atoms with Crippen LogP contribution < -0.4 is 9.64 Å². The standard InChI is InChI=1S/C38H43N9O3/c1-26(2)50-35-11-8-31(21-39-35)37-33-20-32(9-10-34(33)41-42-37)47(25-48)17-13-27-12-16-45(22-27)23-36(49)46-18-14-29(15-19-46)28-4-6-30(7-5-28)38-40-24-44(3)43-38/h4-11,14,20-21,24-27H,12-13,15-19,22-23H2,1-3H3,(H,41,42). The van der Waals surface area contributed by atoms with Gasteiger partial charge in [0.15, 0.2) is 5.82 Å². The molecule has 2 amide bonds. The number of nitrogens with one attached hydrogen (secondary N) is 1. The quantitative estimate of drug-likeness (QED) is 0.179. The Kier molecular flexibility index (Phi) is 9.70. The highest BCUT2D eigenvalue weighted by atomic mass is 16.5. The van der Waals surface area contributed by atoms with Crippen LogP contribution in [0.2, 0.25) is 0 Å². The molecular weight excluding hydrogens is 630 g/mol. The molecule has 0 saturated carbocycles. The summed E-state index contributed by atoms with van der Waals surface area (Å²) in [4.78, 5) is 40.2. The lowest BCUT2D eigenvalue weighted by Crippen LogP contribution is -2.41. The second kappa shape index (κ2) is 14.6. The second-order valence-electron chi connectivity index (χ2n) is 13.5. The zero-order chi connectivity index (χ0) is 34.6. The molecular formula is C38H43N9O3. The van der Waals surface area contributed by atoms with E-state index in [1.54, 1.807) is 22.1 Å². The number of carbonyl (C=O) groups excluding carboxylic acids is 2. The van der Waals surface area contributed by atoms with Crippen molar-refractivity contribution in [3.63, 3.8) is 0 Å². The van der Waals surface area contributed by atoms with E-state index in [9.17, 15) is 9.59 Å². The van der Waals surface area contributed by atoms with E-state index < -0.39 is 0 Å². The zero-order valence-corrected chi connectivity index (χ0v) is 28.8. The molecule has 1 N–H and O–H groups in total. The number of pyridine rings is 1. The molecule has 3 aromatic heterocycles. The highest BCUT2D eigenvalue weighted by Gasteiger charge is 2.27. The largest absolute Gasteiger partial charge is 0.475 e. The predicted octanol–water partition coefficient (Wildman–Crippen LogP) is 5.20. The maximum atomic E-state index is 13.2. The van der Waals surface area contributed by atoms with Crippen LogP contribution in [0.1, 0.15) is 38.7 Å². The van der Waals surface area contributed by atoms with Crippen LogP contribution in [0.5, 0.6) is 5.88 Å². The van der Waals surface area contributed by atoms with Crippen LogP contribution in [0.3, 0.4) is 0 Å². The Morgan fingerprint density at radius 1 is 1.06 bits per heavy atom. The Balaban J connectivity index is 0.900. The number of likely N-dealkylation sites (tertiary alicyclic amines) is 1. The molecule has 7 rings (SSSR count). The summed E-state index contributed by atoms with van der Waals surface area (Å²) >= 11 is 0. The van der Waals surface area contributed by atoms with Crippen molar-refractivity contribution < 1.29 is 14.3 Å². The Hall–Kier alpha value is -5.36. The smallest absolute Gasteiger partial charge is 0.237 e. The number of anilines is 1.